The Morgan fingerprint density at radius 2 is 1.84 bits per heavy atom. The van der Waals surface area contributed by atoms with E-state index in [-0.39, 0.29) is 11.3 Å². The summed E-state index contributed by atoms with van der Waals surface area (Å²) in [4.78, 5) is 11.2. The van der Waals surface area contributed by atoms with Crippen LogP contribution >= 0.6 is 0 Å². The molecule has 0 radical (unpaired) electrons. The Kier molecular flexibility index (Phi) is 5.87. The third-order valence-corrected chi connectivity index (χ3v) is 2.89. The molecule has 19 heavy (non-hydrogen) atoms. The molecule has 1 aromatic carbocycles. The first-order valence-electron chi connectivity index (χ1n) is 6.93. The molecule has 0 atom stereocenters. The number of rotatable bonds is 6. The molecular weight excluding hydrogens is 238 g/mol. The van der Waals surface area contributed by atoms with Crippen LogP contribution in [0.15, 0.2) is 24.3 Å². The highest BCUT2D eigenvalue weighted by molar-refractivity contribution is 5.75. The molecular formula is C16H25NO2. The van der Waals surface area contributed by atoms with Crippen molar-refractivity contribution in [3.05, 3.63) is 29.8 Å². The maximum atomic E-state index is 11.2. The lowest BCUT2D eigenvalue weighted by molar-refractivity contribution is -0.121. The van der Waals surface area contributed by atoms with Crippen LogP contribution in [0.25, 0.3) is 0 Å². The monoisotopic (exact) mass is 263 g/mol. The molecule has 0 aliphatic rings. The lowest BCUT2D eigenvalue weighted by Crippen LogP contribution is -2.27. The van der Waals surface area contributed by atoms with Crippen LogP contribution in [-0.2, 0) is 10.2 Å². The molecule has 1 aromatic rings. The lowest BCUT2D eigenvalue weighted by atomic mass is 9.87. The average Bonchev–Trinajstić information content (AvgIpc) is 2.34. The van der Waals surface area contributed by atoms with Gasteiger partial charge in [-0.15, -0.1) is 0 Å². The van der Waals surface area contributed by atoms with Crippen molar-refractivity contribution in [2.75, 3.05) is 13.2 Å². The van der Waals surface area contributed by atoms with Crippen LogP contribution in [0, 0.1) is 0 Å². The second kappa shape index (κ2) is 7.17. The number of carbonyl (C=O) groups is 1. The molecule has 0 fully saturated rings. The van der Waals surface area contributed by atoms with Crippen LogP contribution in [0.4, 0.5) is 0 Å². The summed E-state index contributed by atoms with van der Waals surface area (Å²) in [6.45, 7) is 9.61. The molecule has 0 unspecified atom stereocenters. The Morgan fingerprint density at radius 3 is 2.37 bits per heavy atom. The van der Waals surface area contributed by atoms with E-state index in [1.807, 2.05) is 19.1 Å². The van der Waals surface area contributed by atoms with Crippen LogP contribution in [0.3, 0.4) is 0 Å². The number of amides is 1. The molecule has 0 aliphatic heterocycles. The van der Waals surface area contributed by atoms with Crippen LogP contribution in [0.1, 0.15) is 46.1 Å². The molecule has 0 aromatic heterocycles. The first-order chi connectivity index (χ1) is 8.93. The smallest absolute Gasteiger partial charge is 0.220 e. The van der Waals surface area contributed by atoms with E-state index in [2.05, 4.69) is 38.2 Å². The molecule has 0 heterocycles. The van der Waals surface area contributed by atoms with E-state index >= 15 is 0 Å². The maximum Gasteiger partial charge on any atom is 0.220 e. The van der Waals surface area contributed by atoms with E-state index in [0.29, 0.717) is 19.6 Å². The highest BCUT2D eigenvalue weighted by Gasteiger charge is 2.12. The summed E-state index contributed by atoms with van der Waals surface area (Å²) >= 11 is 0. The van der Waals surface area contributed by atoms with Gasteiger partial charge in [-0.1, -0.05) is 39.8 Å². The molecule has 3 nitrogen and oxygen atoms in total. The number of hydrogen-bond acceptors (Lipinski definition) is 2. The predicted molar refractivity (Wildman–Crippen MR) is 78.6 cm³/mol. The largest absolute Gasteiger partial charge is 0.492 e. The second-order valence-corrected chi connectivity index (χ2v) is 5.72. The Hall–Kier alpha value is -1.51. The van der Waals surface area contributed by atoms with Gasteiger partial charge in [0.2, 0.25) is 5.91 Å². The highest BCUT2D eigenvalue weighted by Crippen LogP contribution is 2.24. The number of nitrogens with one attached hydrogen (secondary N) is 1. The summed E-state index contributed by atoms with van der Waals surface area (Å²) in [5.74, 6) is 0.937. The number of benzene rings is 1. The molecule has 106 valence electrons. The Labute approximate surface area is 116 Å². The summed E-state index contributed by atoms with van der Waals surface area (Å²) in [6, 6.07) is 8.14. The van der Waals surface area contributed by atoms with Crippen molar-refractivity contribution < 1.29 is 9.53 Å². The van der Waals surface area contributed by atoms with E-state index < -0.39 is 0 Å². The Balaban J connectivity index is 2.33. The number of hydrogen-bond donors (Lipinski definition) is 1. The Morgan fingerprint density at radius 1 is 1.21 bits per heavy atom. The van der Waals surface area contributed by atoms with Gasteiger partial charge in [-0.25, -0.2) is 0 Å². The van der Waals surface area contributed by atoms with Crippen molar-refractivity contribution in [3.8, 4) is 5.75 Å². The van der Waals surface area contributed by atoms with Gasteiger partial charge in [-0.05, 0) is 29.5 Å². The van der Waals surface area contributed by atoms with E-state index in [9.17, 15) is 4.79 Å². The van der Waals surface area contributed by atoms with Gasteiger partial charge in [0.05, 0.1) is 6.54 Å². The van der Waals surface area contributed by atoms with Gasteiger partial charge in [-0.2, -0.15) is 0 Å². The fourth-order valence-corrected chi connectivity index (χ4v) is 1.73. The molecule has 3 heteroatoms. The SMILES string of the molecule is CCCC(=O)NCCOc1ccc(C(C)(C)C)cc1. The van der Waals surface area contributed by atoms with Crippen LogP contribution < -0.4 is 10.1 Å². The summed E-state index contributed by atoms with van der Waals surface area (Å²) in [5, 5.41) is 2.83. The van der Waals surface area contributed by atoms with Crippen molar-refractivity contribution in [3.63, 3.8) is 0 Å². The zero-order valence-corrected chi connectivity index (χ0v) is 12.5. The summed E-state index contributed by atoms with van der Waals surface area (Å²) in [6.07, 6.45) is 1.46. The summed E-state index contributed by atoms with van der Waals surface area (Å²) in [7, 11) is 0. The zero-order chi connectivity index (χ0) is 14.3. The standard InChI is InChI=1S/C16H25NO2/c1-5-6-15(18)17-11-12-19-14-9-7-13(8-10-14)16(2,3)4/h7-10H,5-6,11-12H2,1-4H3,(H,17,18). The zero-order valence-electron chi connectivity index (χ0n) is 12.5. The maximum absolute atomic E-state index is 11.2. The van der Waals surface area contributed by atoms with Crippen molar-refractivity contribution in [2.45, 2.75) is 46.0 Å². The molecule has 0 spiro atoms. The van der Waals surface area contributed by atoms with Crippen molar-refractivity contribution in [2.24, 2.45) is 0 Å². The molecule has 0 saturated carbocycles. The van der Waals surface area contributed by atoms with E-state index in [1.165, 1.54) is 5.56 Å². The van der Waals surface area contributed by atoms with E-state index in [1.54, 1.807) is 0 Å². The molecule has 0 aliphatic carbocycles. The van der Waals surface area contributed by atoms with Crippen LogP contribution in [-0.4, -0.2) is 19.1 Å². The Bertz CT molecular complexity index is 390. The van der Waals surface area contributed by atoms with Crippen LogP contribution in [0.2, 0.25) is 0 Å². The van der Waals surface area contributed by atoms with Gasteiger partial charge in [0.15, 0.2) is 0 Å². The van der Waals surface area contributed by atoms with Gasteiger partial charge in [0.25, 0.3) is 0 Å². The van der Waals surface area contributed by atoms with Crippen molar-refractivity contribution in [1.82, 2.24) is 5.32 Å². The predicted octanol–water partition coefficient (Wildman–Crippen LogP) is 3.28. The fourth-order valence-electron chi connectivity index (χ4n) is 1.73. The third-order valence-electron chi connectivity index (χ3n) is 2.89. The first-order valence-corrected chi connectivity index (χ1v) is 6.93. The highest BCUT2D eigenvalue weighted by atomic mass is 16.5. The second-order valence-electron chi connectivity index (χ2n) is 5.72. The normalized spacial score (nSPS) is 11.2. The van der Waals surface area contributed by atoms with Crippen LogP contribution in [0.5, 0.6) is 5.75 Å². The topological polar surface area (TPSA) is 38.3 Å². The van der Waals surface area contributed by atoms with E-state index in [0.717, 1.165) is 12.2 Å². The number of ether oxygens (including phenoxy) is 1. The van der Waals surface area contributed by atoms with Gasteiger partial charge >= 0.3 is 0 Å². The summed E-state index contributed by atoms with van der Waals surface area (Å²) in [5.41, 5.74) is 1.45. The van der Waals surface area contributed by atoms with Gasteiger partial charge in [0.1, 0.15) is 12.4 Å². The fraction of sp³-hybridized carbons (Fsp3) is 0.562. The summed E-state index contributed by atoms with van der Waals surface area (Å²) < 4.78 is 5.59. The lowest BCUT2D eigenvalue weighted by Gasteiger charge is -2.19. The third kappa shape index (κ3) is 5.77. The molecule has 1 N–H and O–H groups in total. The average molecular weight is 263 g/mol. The molecule has 1 rings (SSSR count). The molecule has 0 saturated heterocycles. The first kappa shape index (κ1) is 15.5. The van der Waals surface area contributed by atoms with Crippen molar-refractivity contribution in [1.29, 1.82) is 0 Å². The minimum Gasteiger partial charge on any atom is -0.492 e. The van der Waals surface area contributed by atoms with E-state index in [4.69, 9.17) is 4.74 Å². The quantitative estimate of drug-likeness (QED) is 0.800. The molecule has 0 bridgehead atoms. The number of carbonyl (C=O) groups excluding carboxylic acids is 1. The van der Waals surface area contributed by atoms with Gasteiger partial charge in [-0.3, -0.25) is 4.79 Å². The van der Waals surface area contributed by atoms with Gasteiger partial charge < -0.3 is 10.1 Å². The van der Waals surface area contributed by atoms with Crippen molar-refractivity contribution >= 4 is 5.91 Å². The molecule has 1 amide bonds. The minimum absolute atomic E-state index is 0.0918. The van der Waals surface area contributed by atoms with Gasteiger partial charge in [0, 0.05) is 6.42 Å². The minimum atomic E-state index is 0.0918.